The van der Waals surface area contributed by atoms with Gasteiger partial charge in [0.15, 0.2) is 0 Å². The van der Waals surface area contributed by atoms with Gasteiger partial charge in [-0.15, -0.1) is 0 Å². The van der Waals surface area contributed by atoms with E-state index in [2.05, 4.69) is 26.0 Å². The lowest BCUT2D eigenvalue weighted by molar-refractivity contribution is 0.0949. The van der Waals surface area contributed by atoms with Crippen LogP contribution >= 0.6 is 15.9 Å². The molecule has 0 aliphatic carbocycles. The van der Waals surface area contributed by atoms with Crippen molar-refractivity contribution in [3.63, 3.8) is 0 Å². The summed E-state index contributed by atoms with van der Waals surface area (Å²) in [6.45, 7) is 0.480. The van der Waals surface area contributed by atoms with E-state index in [0.717, 1.165) is 6.26 Å². The Labute approximate surface area is 119 Å². The zero-order chi connectivity index (χ0) is 14.5. The Bertz CT molecular complexity index is 563. The molecule has 1 rings (SSSR count). The Morgan fingerprint density at radius 1 is 1.37 bits per heavy atom. The number of amides is 1. The Morgan fingerprint density at radius 3 is 2.68 bits per heavy atom. The zero-order valence-electron chi connectivity index (χ0n) is 10.2. The molecule has 0 bridgehead atoms. The van der Waals surface area contributed by atoms with Crippen LogP contribution in [0.4, 0.5) is 4.39 Å². The molecular weight excluding hydrogens is 339 g/mol. The molecule has 0 saturated heterocycles. The second kappa shape index (κ2) is 6.97. The van der Waals surface area contributed by atoms with E-state index in [-0.39, 0.29) is 23.1 Å². The molecule has 2 N–H and O–H groups in total. The summed E-state index contributed by atoms with van der Waals surface area (Å²) in [6.07, 6.45) is 1.48. The molecule has 0 atom stereocenters. The average molecular weight is 353 g/mol. The van der Waals surface area contributed by atoms with Crippen LogP contribution in [0, 0.1) is 5.82 Å². The van der Waals surface area contributed by atoms with Crippen molar-refractivity contribution in [2.75, 3.05) is 19.3 Å². The summed E-state index contributed by atoms with van der Waals surface area (Å²) in [5.74, 6) is -1.15. The molecular formula is C11H14BrFN2O3S. The van der Waals surface area contributed by atoms with Crippen LogP contribution in [0.2, 0.25) is 0 Å². The summed E-state index contributed by atoms with van der Waals surface area (Å²) >= 11 is 3.00. The first-order chi connectivity index (χ1) is 8.81. The van der Waals surface area contributed by atoms with Crippen molar-refractivity contribution in [3.05, 3.63) is 34.1 Å². The molecule has 0 unspecified atom stereocenters. The zero-order valence-corrected chi connectivity index (χ0v) is 12.6. The van der Waals surface area contributed by atoms with Crippen molar-refractivity contribution in [2.24, 2.45) is 0 Å². The van der Waals surface area contributed by atoms with Gasteiger partial charge in [0.25, 0.3) is 5.91 Å². The van der Waals surface area contributed by atoms with E-state index in [0.29, 0.717) is 6.42 Å². The summed E-state index contributed by atoms with van der Waals surface area (Å²) < 4.78 is 37.7. The molecule has 0 saturated carbocycles. The lowest BCUT2D eigenvalue weighted by Gasteiger charge is -2.07. The van der Waals surface area contributed by atoms with Crippen LogP contribution in [0.15, 0.2) is 22.7 Å². The van der Waals surface area contributed by atoms with Crippen LogP contribution < -0.4 is 10.0 Å². The first-order valence-electron chi connectivity index (χ1n) is 5.48. The molecule has 0 aliphatic heterocycles. The molecule has 1 amide bonds. The summed E-state index contributed by atoms with van der Waals surface area (Å²) in [6, 6.07) is 4.44. The Hall–Kier alpha value is -0.990. The van der Waals surface area contributed by atoms with Gasteiger partial charge >= 0.3 is 0 Å². The molecule has 0 spiro atoms. The average Bonchev–Trinajstić information content (AvgIpc) is 2.30. The van der Waals surface area contributed by atoms with Crippen molar-refractivity contribution in [2.45, 2.75) is 6.42 Å². The molecule has 106 valence electrons. The number of sulfonamides is 1. The van der Waals surface area contributed by atoms with Gasteiger partial charge in [0.05, 0.1) is 16.3 Å². The maximum atomic E-state index is 13.6. The Balaban J connectivity index is 2.42. The Kier molecular flexibility index (Phi) is 5.89. The summed E-state index contributed by atoms with van der Waals surface area (Å²) in [7, 11) is -3.22. The normalized spacial score (nSPS) is 11.3. The number of carbonyl (C=O) groups is 1. The van der Waals surface area contributed by atoms with Crippen LogP contribution in [0.25, 0.3) is 0 Å². The van der Waals surface area contributed by atoms with E-state index in [1.807, 2.05) is 0 Å². The number of benzene rings is 1. The molecule has 1 aromatic rings. The molecule has 0 aliphatic rings. The molecule has 0 fully saturated rings. The van der Waals surface area contributed by atoms with E-state index in [1.54, 1.807) is 6.07 Å². The highest BCUT2D eigenvalue weighted by molar-refractivity contribution is 9.10. The number of hydrogen-bond donors (Lipinski definition) is 2. The van der Waals surface area contributed by atoms with Crippen LogP contribution in [0.3, 0.4) is 0 Å². The van der Waals surface area contributed by atoms with Gasteiger partial charge in [-0.2, -0.15) is 0 Å². The minimum absolute atomic E-state index is 0.0505. The first-order valence-corrected chi connectivity index (χ1v) is 8.16. The van der Waals surface area contributed by atoms with Gasteiger partial charge in [-0.3, -0.25) is 4.79 Å². The van der Waals surface area contributed by atoms with Crippen LogP contribution in [-0.4, -0.2) is 33.7 Å². The van der Waals surface area contributed by atoms with Gasteiger partial charge in [0.1, 0.15) is 5.82 Å². The van der Waals surface area contributed by atoms with Gasteiger partial charge in [-0.25, -0.2) is 17.5 Å². The number of hydrogen-bond acceptors (Lipinski definition) is 3. The predicted octanol–water partition coefficient (Wildman–Crippen LogP) is 1.26. The highest BCUT2D eigenvalue weighted by Gasteiger charge is 2.13. The molecule has 19 heavy (non-hydrogen) atoms. The van der Waals surface area contributed by atoms with Gasteiger partial charge < -0.3 is 5.32 Å². The monoisotopic (exact) mass is 352 g/mol. The van der Waals surface area contributed by atoms with Crippen molar-refractivity contribution in [1.29, 1.82) is 0 Å². The standard InChI is InChI=1S/C11H14BrFN2O3S/c1-19(17,18)15-7-3-6-14-11(16)8-4-2-5-9(12)10(8)13/h2,4-5,15H,3,6-7H2,1H3,(H,14,16). The molecule has 0 heterocycles. The Morgan fingerprint density at radius 2 is 2.05 bits per heavy atom. The van der Waals surface area contributed by atoms with Crippen LogP contribution in [0.5, 0.6) is 0 Å². The van der Waals surface area contributed by atoms with Gasteiger partial charge in [0.2, 0.25) is 10.0 Å². The third-order valence-electron chi connectivity index (χ3n) is 2.20. The number of halogens is 2. The fourth-order valence-electron chi connectivity index (χ4n) is 1.32. The molecule has 0 aromatic heterocycles. The van der Waals surface area contributed by atoms with E-state index in [9.17, 15) is 17.6 Å². The molecule has 8 heteroatoms. The van der Waals surface area contributed by atoms with Crippen molar-refractivity contribution in [1.82, 2.24) is 10.0 Å². The van der Waals surface area contributed by atoms with E-state index < -0.39 is 21.7 Å². The van der Waals surface area contributed by atoms with Crippen LogP contribution in [-0.2, 0) is 10.0 Å². The van der Waals surface area contributed by atoms with Crippen molar-refractivity contribution >= 4 is 31.9 Å². The number of rotatable bonds is 6. The predicted molar refractivity (Wildman–Crippen MR) is 73.9 cm³/mol. The lowest BCUT2D eigenvalue weighted by atomic mass is 10.2. The quantitative estimate of drug-likeness (QED) is 0.756. The minimum atomic E-state index is -3.22. The largest absolute Gasteiger partial charge is 0.352 e. The van der Waals surface area contributed by atoms with Gasteiger partial charge in [0, 0.05) is 13.1 Å². The lowest BCUT2D eigenvalue weighted by Crippen LogP contribution is -2.29. The second-order valence-electron chi connectivity index (χ2n) is 3.88. The fourth-order valence-corrected chi connectivity index (χ4v) is 2.20. The minimum Gasteiger partial charge on any atom is -0.352 e. The van der Waals surface area contributed by atoms with E-state index in [1.165, 1.54) is 12.1 Å². The topological polar surface area (TPSA) is 75.3 Å². The second-order valence-corrected chi connectivity index (χ2v) is 6.56. The summed E-state index contributed by atoms with van der Waals surface area (Å²) in [4.78, 5) is 11.7. The van der Waals surface area contributed by atoms with Crippen molar-refractivity contribution in [3.8, 4) is 0 Å². The third-order valence-corrected chi connectivity index (χ3v) is 3.54. The maximum Gasteiger partial charge on any atom is 0.254 e. The first kappa shape index (κ1) is 16.1. The van der Waals surface area contributed by atoms with E-state index >= 15 is 0 Å². The fraction of sp³-hybridized carbons (Fsp3) is 0.364. The SMILES string of the molecule is CS(=O)(=O)NCCCNC(=O)c1cccc(Br)c1F. The van der Waals surface area contributed by atoms with Crippen LogP contribution in [0.1, 0.15) is 16.8 Å². The number of carbonyl (C=O) groups excluding carboxylic acids is 1. The smallest absolute Gasteiger partial charge is 0.254 e. The maximum absolute atomic E-state index is 13.6. The van der Waals surface area contributed by atoms with Crippen molar-refractivity contribution < 1.29 is 17.6 Å². The highest BCUT2D eigenvalue weighted by atomic mass is 79.9. The van der Waals surface area contributed by atoms with E-state index in [4.69, 9.17) is 0 Å². The molecule has 1 aromatic carbocycles. The van der Waals surface area contributed by atoms with Gasteiger partial charge in [-0.05, 0) is 34.5 Å². The molecule has 0 radical (unpaired) electrons. The van der Waals surface area contributed by atoms with Gasteiger partial charge in [-0.1, -0.05) is 6.07 Å². The third kappa shape index (κ3) is 5.66. The summed E-state index contributed by atoms with van der Waals surface area (Å²) in [5.41, 5.74) is -0.0505. The molecule has 5 nitrogen and oxygen atoms in total. The summed E-state index contributed by atoms with van der Waals surface area (Å²) in [5, 5.41) is 2.52. The number of nitrogens with one attached hydrogen (secondary N) is 2. The highest BCUT2D eigenvalue weighted by Crippen LogP contribution is 2.18.